The van der Waals surface area contributed by atoms with Crippen molar-refractivity contribution in [2.24, 2.45) is 0 Å². The van der Waals surface area contributed by atoms with Crippen LogP contribution in [0.4, 0.5) is 5.69 Å². The first-order chi connectivity index (χ1) is 17.0. The first-order valence-corrected chi connectivity index (χ1v) is 12.1. The fraction of sp³-hybridized carbons (Fsp3) is 0.241. The van der Waals surface area contributed by atoms with Gasteiger partial charge in [-0.15, -0.1) is 0 Å². The Balaban J connectivity index is 1.43. The topological polar surface area (TPSA) is 48.8 Å². The summed E-state index contributed by atoms with van der Waals surface area (Å²) in [5.41, 5.74) is 6.08. The van der Waals surface area contributed by atoms with Gasteiger partial charge < -0.3 is 19.3 Å². The van der Waals surface area contributed by atoms with Gasteiger partial charge in [0.2, 0.25) is 5.91 Å². The van der Waals surface area contributed by atoms with Crippen LogP contribution in [-0.2, 0) is 24.3 Å². The van der Waals surface area contributed by atoms with Gasteiger partial charge in [-0.05, 0) is 35.7 Å². The summed E-state index contributed by atoms with van der Waals surface area (Å²) in [4.78, 5) is 32.9. The predicted octanol–water partition coefficient (Wildman–Crippen LogP) is 4.45. The second-order valence-corrected chi connectivity index (χ2v) is 9.45. The summed E-state index contributed by atoms with van der Waals surface area (Å²) >= 11 is 0. The number of hydrogen-bond donors (Lipinski definition) is 0. The van der Waals surface area contributed by atoms with E-state index in [1.165, 1.54) is 10.9 Å². The number of carbonyl (C=O) groups excluding carboxylic acids is 2. The smallest absolute Gasteiger partial charge is 0.257 e. The van der Waals surface area contributed by atoms with Crippen LogP contribution < -0.4 is 4.90 Å². The van der Waals surface area contributed by atoms with E-state index in [1.54, 1.807) is 4.90 Å². The highest BCUT2D eigenvalue weighted by atomic mass is 16.2. The van der Waals surface area contributed by atoms with Crippen molar-refractivity contribution in [1.29, 1.82) is 0 Å². The maximum absolute atomic E-state index is 13.5. The molecular weight excluding hydrogens is 436 g/mol. The second-order valence-electron chi connectivity index (χ2n) is 9.45. The minimum absolute atomic E-state index is 0.0414. The third-order valence-corrected chi connectivity index (χ3v) is 7.39. The molecule has 6 heteroatoms. The largest absolute Gasteiger partial charge is 0.349 e. The standard InChI is InChI=1S/C29H28N4O2/c1-30(18-20-10-4-3-5-11-20)26(34)19-33-25-15-9-6-12-21(25)22-16-17-32-28(27(22)33)31(2)24-14-8-7-13-23(24)29(32)35/h3-15,28H,16-19H2,1-2H3. The van der Waals surface area contributed by atoms with Crippen molar-refractivity contribution < 1.29 is 9.59 Å². The van der Waals surface area contributed by atoms with Crippen molar-refractivity contribution in [3.05, 3.63) is 101 Å². The number of carbonyl (C=O) groups is 2. The maximum atomic E-state index is 13.5. The maximum Gasteiger partial charge on any atom is 0.257 e. The van der Waals surface area contributed by atoms with E-state index in [0.29, 0.717) is 13.1 Å². The van der Waals surface area contributed by atoms with Gasteiger partial charge in [0.15, 0.2) is 0 Å². The molecule has 35 heavy (non-hydrogen) atoms. The quantitative estimate of drug-likeness (QED) is 0.449. The minimum atomic E-state index is -0.249. The molecule has 1 aromatic heterocycles. The van der Waals surface area contributed by atoms with Crippen molar-refractivity contribution in [3.8, 4) is 0 Å². The fourth-order valence-corrected chi connectivity index (χ4v) is 5.68. The van der Waals surface area contributed by atoms with E-state index in [4.69, 9.17) is 0 Å². The van der Waals surface area contributed by atoms with Crippen molar-refractivity contribution in [1.82, 2.24) is 14.4 Å². The number of nitrogens with zero attached hydrogens (tertiary/aromatic N) is 4. The number of rotatable bonds is 4. The van der Waals surface area contributed by atoms with Crippen LogP contribution in [0.2, 0.25) is 0 Å². The summed E-state index contributed by atoms with van der Waals surface area (Å²) in [5, 5.41) is 1.17. The van der Waals surface area contributed by atoms with Crippen LogP contribution in [0.1, 0.15) is 33.3 Å². The van der Waals surface area contributed by atoms with Gasteiger partial charge >= 0.3 is 0 Å². The molecule has 1 atom stereocenters. The van der Waals surface area contributed by atoms with Crippen LogP contribution in [0.3, 0.4) is 0 Å². The number of hydrogen-bond acceptors (Lipinski definition) is 3. The lowest BCUT2D eigenvalue weighted by Gasteiger charge is -2.46. The lowest BCUT2D eigenvalue weighted by molar-refractivity contribution is -0.131. The second kappa shape index (κ2) is 8.31. The average molecular weight is 465 g/mol. The SMILES string of the molecule is CN(Cc1ccccc1)C(=O)Cn1c2c(c3ccccc31)CCN1C(=O)c3ccccc3N(C)C21. The summed E-state index contributed by atoms with van der Waals surface area (Å²) in [6, 6.07) is 26.1. The number of anilines is 1. The van der Waals surface area contributed by atoms with Crippen LogP contribution in [0, 0.1) is 0 Å². The molecule has 6 nitrogen and oxygen atoms in total. The first kappa shape index (κ1) is 21.5. The van der Waals surface area contributed by atoms with Gasteiger partial charge in [0.1, 0.15) is 12.7 Å². The fourth-order valence-electron chi connectivity index (χ4n) is 5.68. The summed E-state index contributed by atoms with van der Waals surface area (Å²) in [6.45, 7) is 1.45. The Morgan fingerprint density at radius 2 is 1.69 bits per heavy atom. The minimum Gasteiger partial charge on any atom is -0.349 e. The third kappa shape index (κ3) is 3.40. The Morgan fingerprint density at radius 1 is 0.971 bits per heavy atom. The normalized spacial score (nSPS) is 16.6. The summed E-state index contributed by atoms with van der Waals surface area (Å²) in [7, 11) is 3.90. The third-order valence-electron chi connectivity index (χ3n) is 7.39. The Morgan fingerprint density at radius 3 is 2.51 bits per heavy atom. The van der Waals surface area contributed by atoms with Crippen LogP contribution in [0.15, 0.2) is 78.9 Å². The Hall–Kier alpha value is -4.06. The van der Waals surface area contributed by atoms with Gasteiger partial charge in [-0.25, -0.2) is 0 Å². The zero-order chi connectivity index (χ0) is 24.1. The number of amides is 2. The number of likely N-dealkylation sites (N-methyl/N-ethyl adjacent to an activating group) is 1. The van der Waals surface area contributed by atoms with E-state index in [2.05, 4.69) is 21.6 Å². The van der Waals surface area contributed by atoms with Crippen LogP contribution in [0.5, 0.6) is 0 Å². The van der Waals surface area contributed by atoms with Crippen LogP contribution in [0.25, 0.3) is 10.9 Å². The molecule has 2 aliphatic heterocycles. The Kier molecular flexibility index (Phi) is 5.10. The number of para-hydroxylation sites is 2. The molecule has 1 unspecified atom stereocenters. The van der Waals surface area contributed by atoms with E-state index < -0.39 is 0 Å². The highest BCUT2D eigenvalue weighted by Crippen LogP contribution is 2.44. The highest BCUT2D eigenvalue weighted by Gasteiger charge is 2.42. The lowest BCUT2D eigenvalue weighted by atomic mass is 9.96. The van der Waals surface area contributed by atoms with Gasteiger partial charge in [0.25, 0.3) is 5.91 Å². The molecule has 3 heterocycles. The summed E-state index contributed by atoms with van der Waals surface area (Å²) in [6.07, 6.45) is 0.524. The molecule has 0 saturated carbocycles. The Bertz CT molecular complexity index is 1440. The van der Waals surface area contributed by atoms with E-state index >= 15 is 0 Å². The molecule has 2 amide bonds. The van der Waals surface area contributed by atoms with E-state index in [0.717, 1.165) is 34.4 Å². The van der Waals surface area contributed by atoms with Gasteiger partial charge in [-0.1, -0.05) is 60.7 Å². The molecule has 6 rings (SSSR count). The first-order valence-electron chi connectivity index (χ1n) is 12.1. The van der Waals surface area contributed by atoms with E-state index in [-0.39, 0.29) is 24.5 Å². The molecule has 0 N–H and O–H groups in total. The molecule has 0 fully saturated rings. The van der Waals surface area contributed by atoms with E-state index in [1.807, 2.05) is 85.7 Å². The van der Waals surface area contributed by atoms with Crippen LogP contribution >= 0.6 is 0 Å². The zero-order valence-corrected chi connectivity index (χ0v) is 20.0. The van der Waals surface area contributed by atoms with Crippen molar-refractivity contribution in [3.63, 3.8) is 0 Å². The molecule has 0 bridgehead atoms. The van der Waals surface area contributed by atoms with Crippen LogP contribution in [-0.4, -0.2) is 46.8 Å². The molecular formula is C29H28N4O2. The molecule has 2 aliphatic rings. The molecule has 0 saturated heterocycles. The number of aromatic nitrogens is 1. The summed E-state index contributed by atoms with van der Waals surface area (Å²) < 4.78 is 2.14. The predicted molar refractivity (Wildman–Crippen MR) is 137 cm³/mol. The van der Waals surface area contributed by atoms with Gasteiger partial charge in [0.05, 0.1) is 16.9 Å². The number of fused-ring (bicyclic) bond motifs is 6. The molecule has 0 spiro atoms. The van der Waals surface area contributed by atoms with Crippen molar-refractivity contribution in [2.75, 3.05) is 25.5 Å². The molecule has 176 valence electrons. The molecule has 4 aromatic rings. The van der Waals surface area contributed by atoms with Crippen molar-refractivity contribution >= 4 is 28.4 Å². The zero-order valence-electron chi connectivity index (χ0n) is 20.0. The van der Waals surface area contributed by atoms with Gasteiger partial charge in [-0.2, -0.15) is 0 Å². The monoisotopic (exact) mass is 464 g/mol. The van der Waals surface area contributed by atoms with E-state index in [9.17, 15) is 9.59 Å². The highest BCUT2D eigenvalue weighted by molar-refractivity contribution is 6.02. The Labute approximate surface area is 205 Å². The average Bonchev–Trinajstić information content (AvgIpc) is 3.21. The molecule has 0 aliphatic carbocycles. The molecule has 0 radical (unpaired) electrons. The number of benzene rings is 3. The van der Waals surface area contributed by atoms with Gasteiger partial charge in [-0.3, -0.25) is 9.59 Å². The lowest BCUT2D eigenvalue weighted by Crippen LogP contribution is -2.51. The van der Waals surface area contributed by atoms with Gasteiger partial charge in [0, 0.05) is 38.1 Å². The van der Waals surface area contributed by atoms with Crippen molar-refractivity contribution in [2.45, 2.75) is 25.7 Å². The molecule has 3 aromatic carbocycles. The summed E-state index contributed by atoms with van der Waals surface area (Å²) in [5.74, 6) is 0.0957.